The molecule has 0 unspecified atom stereocenters. The Morgan fingerprint density at radius 2 is 1.72 bits per heavy atom. The van der Waals surface area contributed by atoms with Crippen LogP contribution >= 0.6 is 0 Å². The van der Waals surface area contributed by atoms with Crippen molar-refractivity contribution < 1.29 is 21.6 Å². The van der Waals surface area contributed by atoms with Crippen LogP contribution in [0, 0.1) is 12.8 Å². The summed E-state index contributed by atoms with van der Waals surface area (Å²) in [5.41, 5.74) is 1.89. The molecule has 2 heterocycles. The summed E-state index contributed by atoms with van der Waals surface area (Å²) < 4.78 is 57.4. The van der Waals surface area contributed by atoms with E-state index in [1.165, 1.54) is 18.7 Å². The molecule has 0 spiro atoms. The summed E-state index contributed by atoms with van der Waals surface area (Å²) in [5.74, 6) is 0.716. The van der Waals surface area contributed by atoms with E-state index < -0.39 is 31.0 Å². The molecule has 2 fully saturated rings. The van der Waals surface area contributed by atoms with Gasteiger partial charge in [0.1, 0.15) is 5.75 Å². The van der Waals surface area contributed by atoms with E-state index in [1.807, 2.05) is 18.2 Å². The largest absolute Gasteiger partial charge is 0.497 e. The first-order chi connectivity index (χ1) is 15.2. The van der Waals surface area contributed by atoms with Gasteiger partial charge in [0, 0.05) is 6.04 Å². The number of aryl methyl sites for hydroxylation is 1. The molecule has 0 bridgehead atoms. The second kappa shape index (κ2) is 9.15. The van der Waals surface area contributed by atoms with Crippen molar-refractivity contribution >= 4 is 19.7 Å². The number of hydrogen-bond donors (Lipinski definition) is 0. The molecule has 4 rings (SSSR count). The molecule has 2 aliphatic rings. The number of nitrogens with zero attached hydrogens (tertiary/aromatic N) is 1. The smallest absolute Gasteiger partial charge is 0.184 e. The molecule has 8 heteroatoms. The number of rotatable bonds is 6. The third kappa shape index (κ3) is 4.87. The fourth-order valence-corrected chi connectivity index (χ4v) is 10.2. The van der Waals surface area contributed by atoms with Crippen molar-refractivity contribution in [3.05, 3.63) is 59.7 Å². The van der Waals surface area contributed by atoms with Crippen LogP contribution in [0.2, 0.25) is 0 Å². The van der Waals surface area contributed by atoms with Crippen molar-refractivity contribution in [2.45, 2.75) is 42.4 Å². The quantitative estimate of drug-likeness (QED) is 0.636. The second-order valence-electron chi connectivity index (χ2n) is 9.03. The van der Waals surface area contributed by atoms with Crippen LogP contribution in [0.25, 0.3) is 0 Å². The monoisotopic (exact) mass is 477 g/mol. The predicted octanol–water partition coefficient (Wildman–Crippen LogP) is 2.90. The summed E-state index contributed by atoms with van der Waals surface area (Å²) in [5, 5.41) is -0.940. The molecule has 0 radical (unpaired) electrons. The van der Waals surface area contributed by atoms with Crippen molar-refractivity contribution in [1.29, 1.82) is 0 Å². The molecule has 6 nitrogen and oxygen atoms in total. The van der Waals surface area contributed by atoms with E-state index in [-0.39, 0.29) is 16.4 Å². The first kappa shape index (κ1) is 23.3. The van der Waals surface area contributed by atoms with Gasteiger partial charge in [-0.2, -0.15) is 0 Å². The van der Waals surface area contributed by atoms with Gasteiger partial charge in [-0.3, -0.25) is 4.90 Å². The highest BCUT2D eigenvalue weighted by atomic mass is 32.2. The molecule has 0 aromatic heterocycles. The number of likely N-dealkylation sites (tertiary alicyclic amines) is 1. The molecule has 0 amide bonds. The molecule has 0 saturated carbocycles. The fraction of sp³-hybridized carbons (Fsp3) is 0.500. The summed E-state index contributed by atoms with van der Waals surface area (Å²) in [6.07, 6.45) is 2.89. The second-order valence-corrected chi connectivity index (χ2v) is 13.3. The van der Waals surface area contributed by atoms with E-state index in [0.717, 1.165) is 32.4 Å². The average molecular weight is 478 g/mol. The Hall–Kier alpha value is -1.90. The average Bonchev–Trinajstić information content (AvgIpc) is 3.11. The van der Waals surface area contributed by atoms with Crippen LogP contribution < -0.4 is 4.74 Å². The maximum atomic E-state index is 13.6. The SMILES string of the molecule is COc1ccc(S(=O)(=O)[C@H]2CS(=O)(=O)C[C@@H]2N2CCC(Cc3ccccc3)CC2)c(C)c1. The molecular formula is C24H31NO5S2. The minimum atomic E-state index is -3.80. The minimum Gasteiger partial charge on any atom is -0.497 e. The first-order valence-corrected chi connectivity index (χ1v) is 14.4. The van der Waals surface area contributed by atoms with E-state index in [4.69, 9.17) is 4.74 Å². The van der Waals surface area contributed by atoms with Gasteiger partial charge in [-0.05, 0) is 74.5 Å². The number of piperidine rings is 1. The van der Waals surface area contributed by atoms with Gasteiger partial charge in [-0.1, -0.05) is 30.3 Å². The Balaban J connectivity index is 1.52. The molecule has 2 aromatic rings. The lowest BCUT2D eigenvalue weighted by Gasteiger charge is -2.37. The summed E-state index contributed by atoms with van der Waals surface area (Å²) in [6.45, 7) is 3.18. The maximum absolute atomic E-state index is 13.6. The molecule has 2 saturated heterocycles. The highest BCUT2D eigenvalue weighted by Gasteiger charge is 2.49. The zero-order chi connectivity index (χ0) is 22.9. The standard InChI is InChI=1S/C24H31NO5S2/c1-18-14-21(30-2)8-9-23(18)32(28,29)24-17-31(26,27)16-22(24)25-12-10-20(11-13-25)15-19-6-4-3-5-7-19/h3-9,14,20,22,24H,10-13,15-17H2,1-2H3/t22-,24-/m0/s1. The van der Waals surface area contributed by atoms with E-state index in [1.54, 1.807) is 19.1 Å². The van der Waals surface area contributed by atoms with E-state index in [0.29, 0.717) is 17.2 Å². The lowest BCUT2D eigenvalue weighted by molar-refractivity contribution is 0.144. The van der Waals surface area contributed by atoms with Gasteiger partial charge in [-0.15, -0.1) is 0 Å². The third-order valence-electron chi connectivity index (χ3n) is 6.84. The maximum Gasteiger partial charge on any atom is 0.184 e. The predicted molar refractivity (Wildman–Crippen MR) is 126 cm³/mol. The summed E-state index contributed by atoms with van der Waals surface area (Å²) in [6, 6.07) is 14.7. The number of ether oxygens (including phenoxy) is 1. The van der Waals surface area contributed by atoms with Crippen LogP contribution in [0.1, 0.15) is 24.0 Å². The van der Waals surface area contributed by atoms with Gasteiger partial charge in [0.05, 0.1) is 28.8 Å². The Bertz CT molecular complexity index is 1150. The Morgan fingerprint density at radius 1 is 1.03 bits per heavy atom. The molecule has 0 aliphatic carbocycles. The topological polar surface area (TPSA) is 80.8 Å². The van der Waals surface area contributed by atoms with Crippen LogP contribution in [0.5, 0.6) is 5.75 Å². The van der Waals surface area contributed by atoms with Gasteiger partial charge in [0.2, 0.25) is 0 Å². The van der Waals surface area contributed by atoms with Crippen molar-refractivity contribution in [2.75, 3.05) is 31.7 Å². The lowest BCUT2D eigenvalue weighted by Crippen LogP contribution is -2.49. The van der Waals surface area contributed by atoms with E-state index in [2.05, 4.69) is 17.0 Å². The Labute approximate surface area is 191 Å². The van der Waals surface area contributed by atoms with Crippen molar-refractivity contribution in [3.63, 3.8) is 0 Å². The fourth-order valence-electron chi connectivity index (χ4n) is 5.10. The van der Waals surface area contributed by atoms with Crippen molar-refractivity contribution in [2.24, 2.45) is 5.92 Å². The molecule has 2 aromatic carbocycles. The van der Waals surface area contributed by atoms with Crippen molar-refractivity contribution in [1.82, 2.24) is 4.90 Å². The molecule has 2 aliphatic heterocycles. The molecular weight excluding hydrogens is 446 g/mol. The van der Waals surface area contributed by atoms with Gasteiger partial charge < -0.3 is 4.74 Å². The Kier molecular flexibility index (Phi) is 6.66. The Morgan fingerprint density at radius 3 is 2.34 bits per heavy atom. The molecule has 174 valence electrons. The van der Waals surface area contributed by atoms with Gasteiger partial charge in [0.25, 0.3) is 0 Å². The highest BCUT2D eigenvalue weighted by molar-refractivity contribution is 7.96. The third-order valence-corrected chi connectivity index (χ3v) is 11.1. The lowest BCUT2D eigenvalue weighted by atomic mass is 9.89. The number of sulfone groups is 2. The number of methoxy groups -OCH3 is 1. The summed E-state index contributed by atoms with van der Waals surface area (Å²) >= 11 is 0. The molecule has 2 atom stereocenters. The highest BCUT2D eigenvalue weighted by Crippen LogP contribution is 2.34. The summed E-state index contributed by atoms with van der Waals surface area (Å²) in [7, 11) is -5.69. The van der Waals surface area contributed by atoms with Gasteiger partial charge in [-0.25, -0.2) is 16.8 Å². The first-order valence-electron chi connectivity index (χ1n) is 11.1. The van der Waals surface area contributed by atoms with Crippen LogP contribution in [0.15, 0.2) is 53.4 Å². The number of hydrogen-bond acceptors (Lipinski definition) is 6. The normalized spacial score (nSPS) is 24.4. The van der Waals surface area contributed by atoms with Gasteiger partial charge in [0.15, 0.2) is 19.7 Å². The van der Waals surface area contributed by atoms with E-state index >= 15 is 0 Å². The van der Waals surface area contributed by atoms with Crippen LogP contribution in [0.4, 0.5) is 0 Å². The van der Waals surface area contributed by atoms with Crippen molar-refractivity contribution in [3.8, 4) is 5.75 Å². The molecule has 32 heavy (non-hydrogen) atoms. The van der Waals surface area contributed by atoms with E-state index in [9.17, 15) is 16.8 Å². The zero-order valence-electron chi connectivity index (χ0n) is 18.6. The molecule has 0 N–H and O–H groups in total. The number of benzene rings is 2. The van der Waals surface area contributed by atoms with Crippen LogP contribution in [0.3, 0.4) is 0 Å². The van der Waals surface area contributed by atoms with Gasteiger partial charge >= 0.3 is 0 Å². The van der Waals surface area contributed by atoms with Crippen LogP contribution in [-0.4, -0.2) is 64.7 Å². The zero-order valence-corrected chi connectivity index (χ0v) is 20.2. The summed E-state index contributed by atoms with van der Waals surface area (Å²) in [4.78, 5) is 2.30. The van der Waals surface area contributed by atoms with Crippen LogP contribution in [-0.2, 0) is 26.1 Å². The minimum absolute atomic E-state index is 0.0878.